The Morgan fingerprint density at radius 3 is 2.65 bits per heavy atom. The van der Waals surface area contributed by atoms with Gasteiger partial charge in [0, 0.05) is 30.1 Å². The molecule has 0 aromatic heterocycles. The minimum Gasteiger partial charge on any atom is -0.494 e. The van der Waals surface area contributed by atoms with Crippen LogP contribution >= 0.6 is 0 Å². The molecule has 0 fully saturated rings. The molecule has 0 bridgehead atoms. The minimum atomic E-state index is 0.650. The topological polar surface area (TPSA) is 47.3 Å². The van der Waals surface area contributed by atoms with Crippen molar-refractivity contribution in [3.05, 3.63) is 54.1 Å². The average molecular weight is 270 g/mol. The Hall–Kier alpha value is -2.16. The van der Waals surface area contributed by atoms with Crippen LogP contribution in [0.3, 0.4) is 0 Å². The number of rotatable bonds is 7. The molecular formula is C17H22N2O. The van der Waals surface area contributed by atoms with Gasteiger partial charge in [0.1, 0.15) is 5.75 Å². The molecule has 2 aromatic carbocycles. The quantitative estimate of drug-likeness (QED) is 0.595. The first-order valence-corrected chi connectivity index (χ1v) is 7.09. The molecule has 0 aliphatic heterocycles. The fraction of sp³-hybridized carbons (Fsp3) is 0.294. The van der Waals surface area contributed by atoms with E-state index in [4.69, 9.17) is 10.5 Å². The van der Waals surface area contributed by atoms with Crippen LogP contribution < -0.4 is 15.8 Å². The first-order chi connectivity index (χ1) is 9.78. The first kappa shape index (κ1) is 14.3. The summed E-state index contributed by atoms with van der Waals surface area (Å²) in [4.78, 5) is 0. The van der Waals surface area contributed by atoms with E-state index in [0.29, 0.717) is 6.61 Å². The molecule has 0 saturated carbocycles. The zero-order chi connectivity index (χ0) is 14.2. The molecule has 0 radical (unpaired) electrons. The molecule has 2 aromatic rings. The van der Waals surface area contributed by atoms with Crippen molar-refractivity contribution in [1.82, 2.24) is 0 Å². The highest BCUT2D eigenvalue weighted by atomic mass is 16.5. The number of hydrogen-bond acceptors (Lipinski definition) is 3. The number of benzene rings is 2. The number of nitrogens with one attached hydrogen (secondary N) is 1. The van der Waals surface area contributed by atoms with Crippen molar-refractivity contribution in [2.75, 3.05) is 24.2 Å². The van der Waals surface area contributed by atoms with Crippen LogP contribution in [0.4, 0.5) is 11.4 Å². The van der Waals surface area contributed by atoms with E-state index in [9.17, 15) is 0 Å². The lowest BCUT2D eigenvalue weighted by molar-refractivity contribution is 0.340. The third kappa shape index (κ3) is 4.50. The second-order valence-electron chi connectivity index (χ2n) is 4.74. The molecule has 0 aliphatic rings. The molecule has 3 nitrogen and oxygen atoms in total. The monoisotopic (exact) mass is 270 g/mol. The van der Waals surface area contributed by atoms with Crippen molar-refractivity contribution in [3.63, 3.8) is 0 Å². The van der Waals surface area contributed by atoms with Gasteiger partial charge in [-0.2, -0.15) is 0 Å². The van der Waals surface area contributed by atoms with Crippen molar-refractivity contribution in [2.24, 2.45) is 0 Å². The van der Waals surface area contributed by atoms with Gasteiger partial charge >= 0.3 is 0 Å². The Bertz CT molecular complexity index is 526. The molecule has 0 heterocycles. The zero-order valence-corrected chi connectivity index (χ0v) is 11.9. The van der Waals surface area contributed by atoms with Crippen LogP contribution in [0.15, 0.2) is 48.5 Å². The zero-order valence-electron chi connectivity index (χ0n) is 11.9. The highest BCUT2D eigenvalue weighted by molar-refractivity contribution is 5.59. The predicted molar refractivity (Wildman–Crippen MR) is 85.3 cm³/mol. The van der Waals surface area contributed by atoms with Crippen LogP contribution in [0, 0.1) is 0 Å². The largest absolute Gasteiger partial charge is 0.494 e. The second-order valence-corrected chi connectivity index (χ2v) is 4.74. The van der Waals surface area contributed by atoms with E-state index in [2.05, 4.69) is 29.6 Å². The summed E-state index contributed by atoms with van der Waals surface area (Å²) in [6, 6.07) is 16.3. The summed E-state index contributed by atoms with van der Waals surface area (Å²) in [6.45, 7) is 3.54. The first-order valence-electron chi connectivity index (χ1n) is 7.09. The van der Waals surface area contributed by atoms with Crippen LogP contribution in [-0.2, 0) is 6.42 Å². The van der Waals surface area contributed by atoms with Gasteiger partial charge in [-0.1, -0.05) is 30.3 Å². The lowest BCUT2D eigenvalue weighted by Gasteiger charge is -2.10. The van der Waals surface area contributed by atoms with E-state index < -0.39 is 0 Å². The van der Waals surface area contributed by atoms with Crippen LogP contribution in [0.5, 0.6) is 5.75 Å². The van der Waals surface area contributed by atoms with Gasteiger partial charge in [-0.3, -0.25) is 0 Å². The molecule has 0 atom stereocenters. The fourth-order valence-corrected chi connectivity index (χ4v) is 2.14. The lowest BCUT2D eigenvalue weighted by atomic mass is 10.1. The van der Waals surface area contributed by atoms with E-state index in [1.54, 1.807) is 0 Å². The van der Waals surface area contributed by atoms with Gasteiger partial charge in [0.05, 0.1) is 6.61 Å². The van der Waals surface area contributed by atoms with E-state index in [1.165, 1.54) is 5.56 Å². The molecule has 0 spiro atoms. The van der Waals surface area contributed by atoms with Crippen molar-refractivity contribution in [1.29, 1.82) is 0 Å². The molecular weight excluding hydrogens is 248 g/mol. The van der Waals surface area contributed by atoms with Crippen LogP contribution in [0.2, 0.25) is 0 Å². The minimum absolute atomic E-state index is 0.650. The van der Waals surface area contributed by atoms with Gasteiger partial charge in [-0.05, 0) is 31.4 Å². The van der Waals surface area contributed by atoms with Gasteiger partial charge in [0.2, 0.25) is 0 Å². The highest BCUT2D eigenvalue weighted by Gasteiger charge is 1.99. The summed E-state index contributed by atoms with van der Waals surface area (Å²) in [5.74, 6) is 0.818. The third-order valence-corrected chi connectivity index (χ3v) is 3.05. The van der Waals surface area contributed by atoms with Gasteiger partial charge in [-0.25, -0.2) is 0 Å². The molecule has 3 heteroatoms. The maximum atomic E-state index is 5.86. The fourth-order valence-electron chi connectivity index (χ4n) is 2.14. The maximum absolute atomic E-state index is 5.86. The summed E-state index contributed by atoms with van der Waals surface area (Å²) >= 11 is 0. The van der Waals surface area contributed by atoms with E-state index in [0.717, 1.165) is 36.5 Å². The van der Waals surface area contributed by atoms with Crippen molar-refractivity contribution in [2.45, 2.75) is 19.8 Å². The third-order valence-electron chi connectivity index (χ3n) is 3.05. The molecule has 0 aliphatic carbocycles. The standard InChI is InChI=1S/C17H22N2O/c1-2-20-17-12-15(18)11-16(13-17)19-10-6-9-14-7-4-3-5-8-14/h3-5,7-8,11-13,19H,2,6,9-10,18H2,1H3. The second kappa shape index (κ2) is 7.43. The molecule has 0 saturated heterocycles. The predicted octanol–water partition coefficient (Wildman–Crippen LogP) is 3.71. The number of nitrogens with two attached hydrogens (primary N) is 1. The number of nitrogen functional groups attached to an aromatic ring is 1. The Kier molecular flexibility index (Phi) is 5.30. The molecule has 3 N–H and O–H groups in total. The van der Waals surface area contributed by atoms with Gasteiger partial charge < -0.3 is 15.8 Å². The Labute approximate surface area is 120 Å². The molecule has 20 heavy (non-hydrogen) atoms. The number of aryl methyl sites for hydroxylation is 1. The lowest BCUT2D eigenvalue weighted by Crippen LogP contribution is -2.04. The van der Waals surface area contributed by atoms with E-state index in [-0.39, 0.29) is 0 Å². The molecule has 2 rings (SSSR count). The molecule has 0 unspecified atom stereocenters. The van der Waals surface area contributed by atoms with Crippen molar-refractivity contribution < 1.29 is 4.74 Å². The Morgan fingerprint density at radius 1 is 1.10 bits per heavy atom. The SMILES string of the molecule is CCOc1cc(N)cc(NCCCc2ccccc2)c1. The van der Waals surface area contributed by atoms with Crippen molar-refractivity contribution in [3.8, 4) is 5.75 Å². The van der Waals surface area contributed by atoms with E-state index in [1.807, 2.05) is 31.2 Å². The van der Waals surface area contributed by atoms with Crippen LogP contribution in [0.25, 0.3) is 0 Å². The summed E-state index contributed by atoms with van der Waals surface area (Å²) in [5, 5.41) is 3.39. The average Bonchev–Trinajstić information content (AvgIpc) is 2.45. The van der Waals surface area contributed by atoms with Gasteiger partial charge in [0.25, 0.3) is 0 Å². The highest BCUT2D eigenvalue weighted by Crippen LogP contribution is 2.22. The molecule has 106 valence electrons. The van der Waals surface area contributed by atoms with Crippen LogP contribution in [-0.4, -0.2) is 13.2 Å². The normalized spacial score (nSPS) is 10.2. The number of hydrogen-bond donors (Lipinski definition) is 2. The van der Waals surface area contributed by atoms with Gasteiger partial charge in [0.15, 0.2) is 0 Å². The van der Waals surface area contributed by atoms with Gasteiger partial charge in [-0.15, -0.1) is 0 Å². The Morgan fingerprint density at radius 2 is 1.90 bits per heavy atom. The summed E-state index contributed by atoms with van der Waals surface area (Å²) in [7, 11) is 0. The summed E-state index contributed by atoms with van der Waals surface area (Å²) in [6.07, 6.45) is 2.16. The number of ether oxygens (including phenoxy) is 1. The number of anilines is 2. The summed E-state index contributed by atoms with van der Waals surface area (Å²) < 4.78 is 5.48. The van der Waals surface area contributed by atoms with Crippen molar-refractivity contribution >= 4 is 11.4 Å². The van der Waals surface area contributed by atoms with Crippen LogP contribution in [0.1, 0.15) is 18.9 Å². The maximum Gasteiger partial charge on any atom is 0.123 e. The summed E-state index contributed by atoms with van der Waals surface area (Å²) in [5.41, 5.74) is 8.98. The Balaban J connectivity index is 1.81. The molecule has 0 amide bonds. The smallest absolute Gasteiger partial charge is 0.123 e. The van der Waals surface area contributed by atoms with E-state index >= 15 is 0 Å².